The number of hydrogen-bond acceptors (Lipinski definition) is 4. The average Bonchev–Trinajstić information content (AvgIpc) is 2.78. The fourth-order valence-electron chi connectivity index (χ4n) is 2.32. The summed E-state index contributed by atoms with van der Waals surface area (Å²) in [7, 11) is 1.69. The van der Waals surface area contributed by atoms with Crippen molar-refractivity contribution < 1.29 is 14.2 Å². The van der Waals surface area contributed by atoms with Gasteiger partial charge >= 0.3 is 0 Å². The van der Waals surface area contributed by atoms with E-state index in [-0.39, 0.29) is 0 Å². The van der Waals surface area contributed by atoms with Crippen LogP contribution in [-0.4, -0.2) is 20.3 Å². The van der Waals surface area contributed by atoms with E-state index in [4.69, 9.17) is 14.2 Å². The Hall–Kier alpha value is -2.36. The topological polar surface area (TPSA) is 39.7 Å². The highest BCUT2D eigenvalue weighted by atomic mass is 16.5. The lowest BCUT2D eigenvalue weighted by Crippen LogP contribution is -2.02. The van der Waals surface area contributed by atoms with Crippen molar-refractivity contribution in [3.63, 3.8) is 0 Å². The first-order valence-electron chi connectivity index (χ1n) is 7.12. The van der Waals surface area contributed by atoms with E-state index in [1.165, 1.54) is 0 Å². The third-order valence-electron chi connectivity index (χ3n) is 3.42. The molecule has 2 aromatic rings. The number of ether oxygens (including phenoxy) is 3. The van der Waals surface area contributed by atoms with E-state index in [0.717, 1.165) is 34.9 Å². The van der Waals surface area contributed by atoms with E-state index >= 15 is 0 Å². The smallest absolute Gasteiger partial charge is 0.163 e. The summed E-state index contributed by atoms with van der Waals surface area (Å²) < 4.78 is 16.7. The van der Waals surface area contributed by atoms with Gasteiger partial charge in [-0.3, -0.25) is 0 Å². The maximum Gasteiger partial charge on any atom is 0.163 e. The summed E-state index contributed by atoms with van der Waals surface area (Å²) in [5, 5.41) is 3.39. The molecule has 0 radical (unpaired) electrons. The number of hydrogen-bond donors (Lipinski definition) is 1. The largest absolute Gasteiger partial charge is 0.496 e. The maximum absolute atomic E-state index is 5.70. The molecule has 1 N–H and O–H groups in total. The Labute approximate surface area is 124 Å². The Kier molecular flexibility index (Phi) is 4.15. The SMILES string of the molecule is COc1ccccc1CNc1ccc2c(c1)OCCCO2. The van der Waals surface area contributed by atoms with E-state index in [1.54, 1.807) is 7.11 Å². The lowest BCUT2D eigenvalue weighted by molar-refractivity contribution is 0.297. The van der Waals surface area contributed by atoms with Gasteiger partial charge in [-0.15, -0.1) is 0 Å². The van der Waals surface area contributed by atoms with Gasteiger partial charge in [0.1, 0.15) is 5.75 Å². The molecular weight excluding hydrogens is 266 g/mol. The van der Waals surface area contributed by atoms with Crippen LogP contribution < -0.4 is 19.5 Å². The second-order valence-electron chi connectivity index (χ2n) is 4.88. The number of rotatable bonds is 4. The van der Waals surface area contributed by atoms with E-state index in [0.29, 0.717) is 19.8 Å². The fourth-order valence-corrected chi connectivity index (χ4v) is 2.32. The molecule has 0 atom stereocenters. The van der Waals surface area contributed by atoms with Crippen LogP contribution in [0.25, 0.3) is 0 Å². The summed E-state index contributed by atoms with van der Waals surface area (Å²) in [5.74, 6) is 2.51. The molecule has 2 aromatic carbocycles. The van der Waals surface area contributed by atoms with Crippen LogP contribution in [0.15, 0.2) is 42.5 Å². The molecule has 4 heteroatoms. The Morgan fingerprint density at radius 3 is 2.71 bits per heavy atom. The Morgan fingerprint density at radius 1 is 1.05 bits per heavy atom. The van der Waals surface area contributed by atoms with Crippen molar-refractivity contribution in [2.45, 2.75) is 13.0 Å². The molecule has 1 aliphatic rings. The highest BCUT2D eigenvalue weighted by Crippen LogP contribution is 2.32. The minimum atomic E-state index is 0.697. The average molecular weight is 285 g/mol. The number of nitrogens with one attached hydrogen (secondary N) is 1. The molecule has 0 saturated carbocycles. The van der Waals surface area contributed by atoms with Crippen LogP contribution in [0.2, 0.25) is 0 Å². The molecule has 3 rings (SSSR count). The minimum absolute atomic E-state index is 0.697. The van der Waals surface area contributed by atoms with Crippen LogP contribution in [0.4, 0.5) is 5.69 Å². The van der Waals surface area contributed by atoms with Gasteiger partial charge in [0.05, 0.1) is 20.3 Å². The monoisotopic (exact) mass is 285 g/mol. The number of fused-ring (bicyclic) bond motifs is 1. The summed E-state index contributed by atoms with van der Waals surface area (Å²) in [6.45, 7) is 2.10. The van der Waals surface area contributed by atoms with Crippen molar-refractivity contribution in [1.29, 1.82) is 0 Å². The van der Waals surface area contributed by atoms with Crippen molar-refractivity contribution in [1.82, 2.24) is 0 Å². The molecule has 0 aromatic heterocycles. The molecule has 4 nitrogen and oxygen atoms in total. The standard InChI is InChI=1S/C17H19NO3/c1-19-15-6-3-2-5-13(15)12-18-14-7-8-16-17(11-14)21-10-4-9-20-16/h2-3,5-8,11,18H,4,9-10,12H2,1H3. The Morgan fingerprint density at radius 2 is 1.86 bits per heavy atom. The number of methoxy groups -OCH3 is 1. The van der Waals surface area contributed by atoms with E-state index in [1.807, 2.05) is 36.4 Å². The molecule has 0 aliphatic carbocycles. The molecule has 0 unspecified atom stereocenters. The zero-order valence-corrected chi connectivity index (χ0v) is 12.1. The van der Waals surface area contributed by atoms with Gasteiger partial charge < -0.3 is 19.5 Å². The van der Waals surface area contributed by atoms with Crippen molar-refractivity contribution >= 4 is 5.69 Å². The lowest BCUT2D eigenvalue weighted by Gasteiger charge is -2.12. The first kappa shape index (κ1) is 13.6. The predicted octanol–water partition coefficient (Wildman–Crippen LogP) is 3.47. The lowest BCUT2D eigenvalue weighted by atomic mass is 10.2. The van der Waals surface area contributed by atoms with Gasteiger partial charge in [-0.1, -0.05) is 18.2 Å². The van der Waals surface area contributed by atoms with Crippen LogP contribution in [-0.2, 0) is 6.54 Å². The number of anilines is 1. The first-order valence-corrected chi connectivity index (χ1v) is 7.12. The second kappa shape index (κ2) is 6.39. The molecule has 1 aliphatic heterocycles. The van der Waals surface area contributed by atoms with Crippen molar-refractivity contribution in [3.05, 3.63) is 48.0 Å². The molecule has 0 amide bonds. The predicted molar refractivity (Wildman–Crippen MR) is 82.4 cm³/mol. The molecule has 110 valence electrons. The summed E-state index contributed by atoms with van der Waals surface area (Å²) in [6.07, 6.45) is 0.915. The molecule has 0 bridgehead atoms. The van der Waals surface area contributed by atoms with E-state index < -0.39 is 0 Å². The van der Waals surface area contributed by atoms with Crippen LogP contribution >= 0.6 is 0 Å². The van der Waals surface area contributed by atoms with Crippen LogP contribution in [0.5, 0.6) is 17.2 Å². The van der Waals surface area contributed by atoms with Gasteiger partial charge in [-0.05, 0) is 18.2 Å². The Balaban J connectivity index is 1.72. The van der Waals surface area contributed by atoms with Crippen LogP contribution in [0.1, 0.15) is 12.0 Å². The third kappa shape index (κ3) is 3.21. The van der Waals surface area contributed by atoms with Gasteiger partial charge in [-0.2, -0.15) is 0 Å². The number of para-hydroxylation sites is 1. The molecule has 21 heavy (non-hydrogen) atoms. The summed E-state index contributed by atoms with van der Waals surface area (Å²) in [4.78, 5) is 0. The normalized spacial score (nSPS) is 13.4. The zero-order chi connectivity index (χ0) is 14.5. The van der Waals surface area contributed by atoms with Gasteiger partial charge in [0.25, 0.3) is 0 Å². The van der Waals surface area contributed by atoms with Crippen molar-refractivity contribution in [2.75, 3.05) is 25.6 Å². The van der Waals surface area contributed by atoms with E-state index in [2.05, 4.69) is 11.4 Å². The number of benzene rings is 2. The molecule has 0 saturated heterocycles. The molecule has 1 heterocycles. The van der Waals surface area contributed by atoms with Gasteiger partial charge in [0, 0.05) is 30.3 Å². The van der Waals surface area contributed by atoms with Crippen molar-refractivity contribution in [2.24, 2.45) is 0 Å². The van der Waals surface area contributed by atoms with Gasteiger partial charge in [-0.25, -0.2) is 0 Å². The van der Waals surface area contributed by atoms with E-state index in [9.17, 15) is 0 Å². The first-order chi connectivity index (χ1) is 10.4. The maximum atomic E-state index is 5.70. The fraction of sp³-hybridized carbons (Fsp3) is 0.294. The molecule has 0 spiro atoms. The Bertz CT molecular complexity index is 613. The minimum Gasteiger partial charge on any atom is -0.496 e. The van der Waals surface area contributed by atoms with Crippen LogP contribution in [0.3, 0.4) is 0 Å². The van der Waals surface area contributed by atoms with Crippen LogP contribution in [0, 0.1) is 0 Å². The summed E-state index contributed by atoms with van der Waals surface area (Å²) in [5.41, 5.74) is 2.12. The highest BCUT2D eigenvalue weighted by Gasteiger charge is 2.10. The summed E-state index contributed by atoms with van der Waals surface area (Å²) in [6, 6.07) is 13.9. The van der Waals surface area contributed by atoms with Gasteiger partial charge in [0.15, 0.2) is 11.5 Å². The second-order valence-corrected chi connectivity index (χ2v) is 4.88. The molecule has 0 fully saturated rings. The quantitative estimate of drug-likeness (QED) is 0.933. The molecular formula is C17H19NO3. The highest BCUT2D eigenvalue weighted by molar-refractivity contribution is 5.55. The summed E-state index contributed by atoms with van der Waals surface area (Å²) >= 11 is 0. The zero-order valence-electron chi connectivity index (χ0n) is 12.1. The van der Waals surface area contributed by atoms with Gasteiger partial charge in [0.2, 0.25) is 0 Å². The van der Waals surface area contributed by atoms with Crippen molar-refractivity contribution in [3.8, 4) is 17.2 Å². The third-order valence-corrected chi connectivity index (χ3v) is 3.42.